The maximum Gasteiger partial charge on any atom is 0.248 e. The number of carbonyl (C=O) groups is 2. The van der Waals surface area contributed by atoms with Gasteiger partial charge in [0, 0.05) is 26.6 Å². The highest BCUT2D eigenvalue weighted by molar-refractivity contribution is 5.84. The Labute approximate surface area is 106 Å². The van der Waals surface area contributed by atoms with Crippen LogP contribution in [0.1, 0.15) is 19.3 Å². The number of amides is 2. The van der Waals surface area contributed by atoms with Crippen LogP contribution in [0.25, 0.3) is 0 Å². The van der Waals surface area contributed by atoms with E-state index in [0.29, 0.717) is 19.6 Å². The fraction of sp³-hybridized carbons (Fsp3) is 0.833. The first-order chi connectivity index (χ1) is 8.69. The van der Waals surface area contributed by atoms with E-state index in [0.717, 1.165) is 19.4 Å². The van der Waals surface area contributed by atoms with Crippen LogP contribution in [0.4, 0.5) is 0 Å². The molecule has 3 aliphatic heterocycles. The summed E-state index contributed by atoms with van der Waals surface area (Å²) in [4.78, 5) is 27.6. The van der Waals surface area contributed by atoms with Gasteiger partial charge in [0.1, 0.15) is 6.61 Å². The molecule has 3 saturated heterocycles. The van der Waals surface area contributed by atoms with Gasteiger partial charge in [-0.25, -0.2) is 0 Å². The minimum absolute atomic E-state index is 0.0526. The quantitative estimate of drug-likeness (QED) is 0.672. The zero-order valence-corrected chi connectivity index (χ0v) is 10.6. The summed E-state index contributed by atoms with van der Waals surface area (Å²) in [5, 5.41) is 0. The second-order valence-electron chi connectivity index (χ2n) is 5.08. The number of carbonyl (C=O) groups excluding carboxylic acids is 2. The zero-order chi connectivity index (χ0) is 12.8. The van der Waals surface area contributed by atoms with Crippen LogP contribution in [-0.4, -0.2) is 66.8 Å². The average Bonchev–Trinajstić information content (AvgIpc) is 2.82. The van der Waals surface area contributed by atoms with Gasteiger partial charge in [0.2, 0.25) is 11.8 Å². The van der Waals surface area contributed by atoms with Crippen molar-refractivity contribution in [3.8, 4) is 0 Å². The molecule has 0 aromatic carbocycles. The molecule has 6 heteroatoms. The summed E-state index contributed by atoms with van der Waals surface area (Å²) in [6.07, 6.45) is 1.99. The molecule has 3 aliphatic rings. The third kappa shape index (κ3) is 1.48. The Hall–Kier alpha value is -1.14. The van der Waals surface area contributed by atoms with Crippen molar-refractivity contribution < 1.29 is 19.1 Å². The van der Waals surface area contributed by atoms with E-state index >= 15 is 0 Å². The Morgan fingerprint density at radius 3 is 3.17 bits per heavy atom. The molecule has 1 spiro atoms. The minimum atomic E-state index is -0.543. The molecule has 6 nitrogen and oxygen atoms in total. The summed E-state index contributed by atoms with van der Waals surface area (Å²) in [5.74, 6) is 0.0535. The molecule has 0 bridgehead atoms. The van der Waals surface area contributed by atoms with Crippen LogP contribution in [0.3, 0.4) is 0 Å². The lowest BCUT2D eigenvalue weighted by molar-refractivity contribution is -0.182. The summed E-state index contributed by atoms with van der Waals surface area (Å²) in [6, 6.07) is -0.132. The molecule has 0 radical (unpaired) electrons. The van der Waals surface area contributed by atoms with Gasteiger partial charge in [0.05, 0.1) is 19.1 Å². The molecule has 0 aromatic rings. The molecule has 3 fully saturated rings. The number of hydrogen-bond donors (Lipinski definition) is 0. The summed E-state index contributed by atoms with van der Waals surface area (Å²) >= 11 is 0. The second-order valence-corrected chi connectivity index (χ2v) is 5.08. The van der Waals surface area contributed by atoms with E-state index in [4.69, 9.17) is 9.47 Å². The smallest absolute Gasteiger partial charge is 0.248 e. The Balaban J connectivity index is 1.85. The summed E-state index contributed by atoms with van der Waals surface area (Å²) in [7, 11) is 1.51. The van der Waals surface area contributed by atoms with E-state index in [9.17, 15) is 9.59 Å². The average molecular weight is 254 g/mol. The van der Waals surface area contributed by atoms with Gasteiger partial charge in [-0.3, -0.25) is 9.59 Å². The van der Waals surface area contributed by atoms with Crippen molar-refractivity contribution in [1.29, 1.82) is 0 Å². The van der Waals surface area contributed by atoms with Gasteiger partial charge in [0.15, 0.2) is 5.72 Å². The zero-order valence-electron chi connectivity index (χ0n) is 10.6. The summed E-state index contributed by atoms with van der Waals surface area (Å²) < 4.78 is 10.8. The molecule has 100 valence electrons. The van der Waals surface area contributed by atoms with Crippen molar-refractivity contribution in [3.05, 3.63) is 0 Å². The Kier molecular flexibility index (Phi) is 2.79. The van der Waals surface area contributed by atoms with E-state index in [1.54, 1.807) is 4.90 Å². The monoisotopic (exact) mass is 254 g/mol. The molecule has 0 unspecified atom stereocenters. The van der Waals surface area contributed by atoms with Gasteiger partial charge < -0.3 is 19.3 Å². The first kappa shape index (κ1) is 11.9. The molecular weight excluding hydrogens is 236 g/mol. The van der Waals surface area contributed by atoms with Crippen LogP contribution in [0, 0.1) is 0 Å². The number of ether oxygens (including phenoxy) is 2. The SMILES string of the molecule is COCC(=O)N1CC[C@@]23OCCCN2C(=O)C[C@@H]13. The van der Waals surface area contributed by atoms with E-state index < -0.39 is 5.72 Å². The Bertz CT molecular complexity index is 386. The van der Waals surface area contributed by atoms with E-state index in [-0.39, 0.29) is 24.5 Å². The van der Waals surface area contributed by atoms with Crippen molar-refractivity contribution in [2.45, 2.75) is 31.0 Å². The van der Waals surface area contributed by atoms with Crippen LogP contribution in [0.2, 0.25) is 0 Å². The Morgan fingerprint density at radius 1 is 1.56 bits per heavy atom. The molecule has 0 aromatic heterocycles. The molecule has 18 heavy (non-hydrogen) atoms. The van der Waals surface area contributed by atoms with Gasteiger partial charge in [-0.15, -0.1) is 0 Å². The van der Waals surface area contributed by atoms with Gasteiger partial charge >= 0.3 is 0 Å². The first-order valence-electron chi connectivity index (χ1n) is 6.42. The van der Waals surface area contributed by atoms with Crippen molar-refractivity contribution in [3.63, 3.8) is 0 Å². The highest BCUT2D eigenvalue weighted by Gasteiger charge is 2.61. The number of likely N-dealkylation sites (tertiary alicyclic amines) is 1. The standard InChI is InChI=1S/C12H18N2O4/c1-17-8-11(16)13-5-3-12-9(13)7-10(15)14(12)4-2-6-18-12/h9H,2-8H2,1H3/t9-,12+/m1/s1. The van der Waals surface area contributed by atoms with Gasteiger partial charge in [-0.1, -0.05) is 0 Å². The van der Waals surface area contributed by atoms with Crippen LogP contribution in [0.5, 0.6) is 0 Å². The predicted molar refractivity (Wildman–Crippen MR) is 61.6 cm³/mol. The fourth-order valence-electron chi connectivity index (χ4n) is 3.45. The minimum Gasteiger partial charge on any atom is -0.375 e. The van der Waals surface area contributed by atoms with Gasteiger partial charge in [-0.05, 0) is 6.42 Å². The molecule has 0 N–H and O–H groups in total. The number of methoxy groups -OCH3 is 1. The van der Waals surface area contributed by atoms with Crippen molar-refractivity contribution in [2.24, 2.45) is 0 Å². The van der Waals surface area contributed by atoms with Gasteiger partial charge in [-0.2, -0.15) is 0 Å². The molecule has 2 amide bonds. The van der Waals surface area contributed by atoms with E-state index in [2.05, 4.69) is 0 Å². The van der Waals surface area contributed by atoms with Crippen LogP contribution in [0.15, 0.2) is 0 Å². The van der Waals surface area contributed by atoms with Gasteiger partial charge in [0.25, 0.3) is 0 Å². The summed E-state index contributed by atoms with van der Waals surface area (Å²) in [6.45, 7) is 2.14. The third-order valence-electron chi connectivity index (χ3n) is 4.20. The number of hydrogen-bond acceptors (Lipinski definition) is 4. The number of rotatable bonds is 2. The Morgan fingerprint density at radius 2 is 2.39 bits per heavy atom. The maximum absolute atomic E-state index is 12.0. The first-order valence-corrected chi connectivity index (χ1v) is 6.42. The van der Waals surface area contributed by atoms with Crippen molar-refractivity contribution in [2.75, 3.05) is 33.4 Å². The second kappa shape index (κ2) is 4.20. The molecular formula is C12H18N2O4. The lowest BCUT2D eigenvalue weighted by Gasteiger charge is -2.42. The van der Waals surface area contributed by atoms with Crippen molar-refractivity contribution >= 4 is 11.8 Å². The lowest BCUT2D eigenvalue weighted by atomic mass is 10.0. The van der Waals surface area contributed by atoms with E-state index in [1.165, 1.54) is 7.11 Å². The molecule has 0 aliphatic carbocycles. The summed E-state index contributed by atoms with van der Waals surface area (Å²) in [5.41, 5.74) is -0.543. The molecule has 2 atom stereocenters. The highest BCUT2D eigenvalue weighted by Crippen LogP contribution is 2.44. The van der Waals surface area contributed by atoms with Crippen molar-refractivity contribution in [1.82, 2.24) is 9.80 Å². The predicted octanol–water partition coefficient (Wildman–Crippen LogP) is -0.417. The normalized spacial score (nSPS) is 34.7. The van der Waals surface area contributed by atoms with Crippen LogP contribution < -0.4 is 0 Å². The van der Waals surface area contributed by atoms with E-state index in [1.807, 2.05) is 4.90 Å². The fourth-order valence-corrected chi connectivity index (χ4v) is 3.45. The molecule has 0 saturated carbocycles. The molecule has 3 heterocycles. The lowest BCUT2D eigenvalue weighted by Crippen LogP contribution is -2.56. The third-order valence-corrected chi connectivity index (χ3v) is 4.20. The highest BCUT2D eigenvalue weighted by atomic mass is 16.5. The van der Waals surface area contributed by atoms with Crippen LogP contribution in [-0.2, 0) is 19.1 Å². The number of nitrogens with zero attached hydrogens (tertiary/aromatic N) is 2. The van der Waals surface area contributed by atoms with Crippen LogP contribution >= 0.6 is 0 Å². The molecule has 3 rings (SSSR count). The largest absolute Gasteiger partial charge is 0.375 e. The topological polar surface area (TPSA) is 59.1 Å². The maximum atomic E-state index is 12.0.